The number of rotatable bonds is 4. The highest BCUT2D eigenvalue weighted by atomic mass is 19.4. The Labute approximate surface area is 166 Å². The van der Waals surface area contributed by atoms with Gasteiger partial charge in [-0.15, -0.1) is 0 Å². The van der Waals surface area contributed by atoms with Crippen molar-refractivity contribution >= 4 is 16.7 Å². The lowest BCUT2D eigenvalue weighted by molar-refractivity contribution is -0.145. The number of halogens is 3. The Morgan fingerprint density at radius 1 is 1.10 bits per heavy atom. The number of amides is 1. The van der Waals surface area contributed by atoms with Gasteiger partial charge in [-0.05, 0) is 18.4 Å². The van der Waals surface area contributed by atoms with Gasteiger partial charge < -0.3 is 4.90 Å². The van der Waals surface area contributed by atoms with Gasteiger partial charge in [-0.3, -0.25) is 14.5 Å². The summed E-state index contributed by atoms with van der Waals surface area (Å²) in [5.74, 6) is -0.189. The van der Waals surface area contributed by atoms with Crippen LogP contribution in [0.15, 0.2) is 29.1 Å². The number of carbonyl (C=O) groups is 1. The fraction of sp³-hybridized carbons (Fsp3) is 0.550. The lowest BCUT2D eigenvalue weighted by atomic mass is 10.1. The van der Waals surface area contributed by atoms with Crippen molar-refractivity contribution in [1.82, 2.24) is 19.6 Å². The molecule has 9 heteroatoms. The molecule has 1 saturated heterocycles. The van der Waals surface area contributed by atoms with E-state index in [2.05, 4.69) is 5.10 Å². The molecule has 6 nitrogen and oxygen atoms in total. The summed E-state index contributed by atoms with van der Waals surface area (Å²) in [7, 11) is 0. The van der Waals surface area contributed by atoms with Gasteiger partial charge in [0.2, 0.25) is 0 Å². The van der Waals surface area contributed by atoms with Crippen molar-refractivity contribution < 1.29 is 18.0 Å². The third-order valence-corrected chi connectivity index (χ3v) is 4.89. The number of aromatic nitrogens is 2. The number of fused-ring (bicyclic) bond motifs is 1. The summed E-state index contributed by atoms with van der Waals surface area (Å²) in [5.41, 5.74) is -0.0804. The fourth-order valence-corrected chi connectivity index (χ4v) is 3.60. The topological polar surface area (TPSA) is 58.4 Å². The molecule has 0 saturated carbocycles. The minimum atomic E-state index is -4.26. The van der Waals surface area contributed by atoms with Gasteiger partial charge in [0.05, 0.1) is 11.9 Å². The van der Waals surface area contributed by atoms with Crippen LogP contribution < -0.4 is 5.56 Å². The summed E-state index contributed by atoms with van der Waals surface area (Å²) in [4.78, 5) is 28.8. The average Bonchev–Trinajstić information content (AvgIpc) is 2.87. The highest BCUT2D eigenvalue weighted by molar-refractivity contribution is 6.04. The van der Waals surface area contributed by atoms with E-state index in [1.54, 1.807) is 24.3 Å². The highest BCUT2D eigenvalue weighted by Gasteiger charge is 2.32. The van der Waals surface area contributed by atoms with Crippen LogP contribution >= 0.6 is 0 Å². The lowest BCUT2D eigenvalue weighted by Crippen LogP contribution is -2.39. The first-order valence-electron chi connectivity index (χ1n) is 9.74. The van der Waals surface area contributed by atoms with E-state index in [1.807, 2.05) is 13.8 Å². The molecule has 29 heavy (non-hydrogen) atoms. The molecule has 158 valence electrons. The lowest BCUT2D eigenvalue weighted by Gasteiger charge is -2.23. The van der Waals surface area contributed by atoms with Gasteiger partial charge in [-0.1, -0.05) is 32.0 Å². The summed E-state index contributed by atoms with van der Waals surface area (Å²) in [6.07, 6.45) is -3.81. The van der Waals surface area contributed by atoms with Crippen LogP contribution in [0.2, 0.25) is 0 Å². The molecule has 1 aliphatic heterocycles. The number of carbonyl (C=O) groups excluding carboxylic acids is 1. The smallest absolute Gasteiger partial charge is 0.336 e. The van der Waals surface area contributed by atoms with E-state index in [4.69, 9.17) is 0 Å². The molecule has 3 rings (SSSR count). The molecule has 0 bridgehead atoms. The van der Waals surface area contributed by atoms with Gasteiger partial charge in [0.1, 0.15) is 0 Å². The Kier molecular flexibility index (Phi) is 6.26. The third kappa shape index (κ3) is 5.14. The maximum Gasteiger partial charge on any atom is 0.401 e. The predicted octanol–water partition coefficient (Wildman–Crippen LogP) is 2.76. The van der Waals surface area contributed by atoms with Crippen LogP contribution in [0, 0.1) is 5.92 Å². The molecular formula is C20H25F3N4O2. The Balaban J connectivity index is 1.90. The summed E-state index contributed by atoms with van der Waals surface area (Å²) in [5, 5.41) is 5.23. The van der Waals surface area contributed by atoms with Crippen LogP contribution in [-0.2, 0) is 6.54 Å². The van der Waals surface area contributed by atoms with E-state index in [1.165, 1.54) is 14.5 Å². The van der Waals surface area contributed by atoms with Gasteiger partial charge >= 0.3 is 6.18 Å². The molecule has 1 amide bonds. The molecule has 0 N–H and O–H groups in total. The van der Waals surface area contributed by atoms with Crippen LogP contribution in [0.4, 0.5) is 13.2 Å². The minimum absolute atomic E-state index is 0.148. The second-order valence-electron chi connectivity index (χ2n) is 7.81. The fourth-order valence-electron chi connectivity index (χ4n) is 3.60. The van der Waals surface area contributed by atoms with Gasteiger partial charge in [0, 0.05) is 38.1 Å². The van der Waals surface area contributed by atoms with Crippen molar-refractivity contribution in [2.75, 3.05) is 32.7 Å². The quantitative estimate of drug-likeness (QED) is 0.778. The maximum atomic E-state index is 13.2. The summed E-state index contributed by atoms with van der Waals surface area (Å²) < 4.78 is 39.4. The molecule has 0 radical (unpaired) electrons. The molecule has 0 spiro atoms. The first-order chi connectivity index (χ1) is 13.7. The van der Waals surface area contributed by atoms with E-state index < -0.39 is 12.7 Å². The van der Waals surface area contributed by atoms with Crippen LogP contribution in [-0.4, -0.2) is 64.4 Å². The largest absolute Gasteiger partial charge is 0.401 e. The molecule has 1 fully saturated rings. The number of nitrogens with zero attached hydrogens (tertiary/aromatic N) is 4. The van der Waals surface area contributed by atoms with Crippen molar-refractivity contribution in [2.24, 2.45) is 5.92 Å². The molecule has 1 aliphatic rings. The minimum Gasteiger partial charge on any atom is -0.336 e. The zero-order valence-corrected chi connectivity index (χ0v) is 16.6. The SMILES string of the molecule is CC(C)Cn1nc(C(=O)N2CCCN(CC(F)(F)F)CC2)c2ccccc2c1=O. The first kappa shape index (κ1) is 21.3. The van der Waals surface area contributed by atoms with Crippen molar-refractivity contribution in [3.8, 4) is 0 Å². The molecular weight excluding hydrogens is 385 g/mol. The summed E-state index contributed by atoms with van der Waals surface area (Å²) >= 11 is 0. The average molecular weight is 410 g/mol. The molecule has 0 unspecified atom stereocenters. The van der Waals surface area contributed by atoms with Crippen molar-refractivity contribution in [3.05, 3.63) is 40.3 Å². The van der Waals surface area contributed by atoms with Gasteiger partial charge in [-0.2, -0.15) is 18.3 Å². The van der Waals surface area contributed by atoms with Crippen LogP contribution in [0.25, 0.3) is 10.8 Å². The monoisotopic (exact) mass is 410 g/mol. The molecule has 2 heterocycles. The predicted molar refractivity (Wildman–Crippen MR) is 104 cm³/mol. The molecule has 1 aromatic carbocycles. The van der Waals surface area contributed by atoms with Crippen LogP contribution in [0.1, 0.15) is 30.8 Å². The Morgan fingerprint density at radius 2 is 1.79 bits per heavy atom. The number of hydrogen-bond acceptors (Lipinski definition) is 4. The zero-order valence-electron chi connectivity index (χ0n) is 16.6. The Morgan fingerprint density at radius 3 is 2.45 bits per heavy atom. The Bertz CT molecular complexity index is 939. The third-order valence-electron chi connectivity index (χ3n) is 4.89. The van der Waals surface area contributed by atoms with Gasteiger partial charge in [0.15, 0.2) is 5.69 Å². The number of hydrogen-bond donors (Lipinski definition) is 0. The van der Waals surface area contributed by atoms with Gasteiger partial charge in [-0.25, -0.2) is 4.68 Å². The molecule has 0 aliphatic carbocycles. The van der Waals surface area contributed by atoms with Crippen LogP contribution in [0.5, 0.6) is 0 Å². The van der Waals surface area contributed by atoms with E-state index in [0.717, 1.165) is 0 Å². The van der Waals surface area contributed by atoms with Crippen molar-refractivity contribution in [2.45, 2.75) is 33.0 Å². The molecule has 2 aromatic rings. The van der Waals surface area contributed by atoms with Crippen molar-refractivity contribution in [3.63, 3.8) is 0 Å². The van der Waals surface area contributed by atoms with E-state index in [-0.39, 0.29) is 42.7 Å². The maximum absolute atomic E-state index is 13.2. The van der Waals surface area contributed by atoms with Gasteiger partial charge in [0.25, 0.3) is 11.5 Å². The molecule has 0 atom stereocenters. The number of benzene rings is 1. The number of alkyl halides is 3. The molecule has 1 aromatic heterocycles. The van der Waals surface area contributed by atoms with E-state index >= 15 is 0 Å². The Hall–Kier alpha value is -2.42. The van der Waals surface area contributed by atoms with E-state index in [9.17, 15) is 22.8 Å². The normalized spacial score (nSPS) is 16.4. The zero-order chi connectivity index (χ0) is 21.2. The second-order valence-corrected chi connectivity index (χ2v) is 7.81. The summed E-state index contributed by atoms with van der Waals surface area (Å²) in [6, 6.07) is 6.82. The summed E-state index contributed by atoms with van der Waals surface area (Å²) in [6.45, 7) is 4.28. The highest BCUT2D eigenvalue weighted by Crippen LogP contribution is 2.19. The first-order valence-corrected chi connectivity index (χ1v) is 9.74. The standard InChI is InChI=1S/C20H25F3N4O2/c1-14(2)12-27-18(28)16-7-4-3-6-15(16)17(24-27)19(29)26-9-5-8-25(10-11-26)13-20(21,22)23/h3-4,6-7,14H,5,8-13H2,1-2H3. The van der Waals surface area contributed by atoms with Crippen LogP contribution in [0.3, 0.4) is 0 Å². The second kappa shape index (κ2) is 8.52. The van der Waals surface area contributed by atoms with Crippen molar-refractivity contribution in [1.29, 1.82) is 0 Å². The van der Waals surface area contributed by atoms with E-state index in [0.29, 0.717) is 30.3 Å².